The molecule has 1 aliphatic carbocycles. The molecule has 5 rings (SSSR count). The Hall–Kier alpha value is -3.41. The van der Waals surface area contributed by atoms with Gasteiger partial charge in [-0.15, -0.1) is 0 Å². The highest BCUT2D eigenvalue weighted by Crippen LogP contribution is 2.48. The maximum Gasteiger partial charge on any atom is 0.316 e. The number of nitrogens with zero attached hydrogens (tertiary/aromatic N) is 5. The molecular formula is C28H36N6O4S. The SMILES string of the molecule is CCN(CC)S(=O)(=O)N1CCN(c2cnn(-c3cccc(N)c3)c(=O)c2OCC2(c3ccccc3)CC2)CC1. The summed E-state index contributed by atoms with van der Waals surface area (Å²) in [5.41, 5.74) is 8.33. The van der Waals surface area contributed by atoms with E-state index < -0.39 is 10.2 Å². The summed E-state index contributed by atoms with van der Waals surface area (Å²) in [6, 6.07) is 17.2. The highest BCUT2D eigenvalue weighted by atomic mass is 32.2. The molecule has 10 nitrogen and oxygen atoms in total. The fourth-order valence-corrected chi connectivity index (χ4v) is 6.78. The van der Waals surface area contributed by atoms with Crippen molar-refractivity contribution in [3.05, 3.63) is 76.7 Å². The monoisotopic (exact) mass is 552 g/mol. The average molecular weight is 553 g/mol. The third-order valence-corrected chi connectivity index (χ3v) is 9.89. The average Bonchev–Trinajstić information content (AvgIpc) is 3.74. The van der Waals surface area contributed by atoms with Gasteiger partial charge >= 0.3 is 5.56 Å². The Labute approximate surface area is 229 Å². The van der Waals surface area contributed by atoms with Crippen LogP contribution >= 0.6 is 0 Å². The van der Waals surface area contributed by atoms with E-state index in [1.165, 1.54) is 18.9 Å². The van der Waals surface area contributed by atoms with Gasteiger partial charge in [0.25, 0.3) is 10.2 Å². The van der Waals surface area contributed by atoms with Crippen LogP contribution in [0.15, 0.2) is 65.6 Å². The van der Waals surface area contributed by atoms with Crippen molar-refractivity contribution in [3.8, 4) is 11.4 Å². The van der Waals surface area contributed by atoms with E-state index in [9.17, 15) is 13.2 Å². The summed E-state index contributed by atoms with van der Waals surface area (Å²) in [5.74, 6) is 0.217. The number of ether oxygens (including phenoxy) is 1. The molecule has 1 saturated carbocycles. The fraction of sp³-hybridized carbons (Fsp3) is 0.429. The van der Waals surface area contributed by atoms with E-state index in [4.69, 9.17) is 10.5 Å². The molecule has 2 aliphatic rings. The smallest absolute Gasteiger partial charge is 0.316 e. The van der Waals surface area contributed by atoms with Crippen molar-refractivity contribution in [2.75, 3.05) is 56.5 Å². The number of rotatable bonds is 10. The van der Waals surface area contributed by atoms with Gasteiger partial charge in [-0.2, -0.15) is 26.8 Å². The first-order valence-electron chi connectivity index (χ1n) is 13.5. The van der Waals surface area contributed by atoms with Crippen molar-refractivity contribution >= 4 is 21.6 Å². The third-order valence-electron chi connectivity index (χ3n) is 7.70. The quantitative estimate of drug-likeness (QED) is 0.385. The second kappa shape index (κ2) is 11.0. The predicted molar refractivity (Wildman–Crippen MR) is 153 cm³/mol. The molecule has 2 N–H and O–H groups in total. The van der Waals surface area contributed by atoms with Crippen LogP contribution in [0, 0.1) is 0 Å². The minimum absolute atomic E-state index is 0.118. The minimum Gasteiger partial charge on any atom is -0.485 e. The Morgan fingerprint density at radius 2 is 1.69 bits per heavy atom. The molecule has 1 aliphatic heterocycles. The van der Waals surface area contributed by atoms with Crippen molar-refractivity contribution in [2.45, 2.75) is 32.1 Å². The lowest BCUT2D eigenvalue weighted by Crippen LogP contribution is -2.53. The predicted octanol–water partition coefficient (Wildman–Crippen LogP) is 2.63. The van der Waals surface area contributed by atoms with E-state index in [1.54, 1.807) is 30.5 Å². The standard InChI is InChI=1S/C28H36N6O4S/c1-3-32(4-2)39(36,37)33-17-15-31(16-18-33)25-20-30-34(24-12-8-11-23(29)19-24)27(35)26(25)38-21-28(13-14-28)22-9-6-5-7-10-22/h5-12,19-20H,3-4,13-18,21,29H2,1-2H3. The summed E-state index contributed by atoms with van der Waals surface area (Å²) in [7, 11) is -3.53. The molecular weight excluding hydrogens is 516 g/mol. The van der Waals surface area contributed by atoms with E-state index in [2.05, 4.69) is 17.2 Å². The van der Waals surface area contributed by atoms with E-state index >= 15 is 0 Å². The molecule has 0 radical (unpaired) electrons. The number of hydrogen-bond donors (Lipinski definition) is 1. The number of nitrogens with two attached hydrogens (primary N) is 1. The lowest BCUT2D eigenvalue weighted by atomic mass is 9.97. The number of anilines is 2. The van der Waals surface area contributed by atoms with Crippen LogP contribution in [0.1, 0.15) is 32.3 Å². The van der Waals surface area contributed by atoms with Gasteiger partial charge < -0.3 is 15.4 Å². The molecule has 3 aromatic rings. The third kappa shape index (κ3) is 5.39. The van der Waals surface area contributed by atoms with Gasteiger partial charge in [0, 0.05) is 50.4 Å². The summed E-state index contributed by atoms with van der Waals surface area (Å²) in [6.07, 6.45) is 3.61. The molecule has 1 saturated heterocycles. The summed E-state index contributed by atoms with van der Waals surface area (Å²) >= 11 is 0. The molecule has 2 fully saturated rings. The fourth-order valence-electron chi connectivity index (χ4n) is 5.17. The van der Waals surface area contributed by atoms with Gasteiger partial charge in [-0.3, -0.25) is 4.79 Å². The largest absolute Gasteiger partial charge is 0.485 e. The molecule has 39 heavy (non-hydrogen) atoms. The summed E-state index contributed by atoms with van der Waals surface area (Å²) < 4.78 is 36.7. The first kappa shape index (κ1) is 27.2. The van der Waals surface area contributed by atoms with Gasteiger partial charge in [0.1, 0.15) is 5.69 Å². The van der Waals surface area contributed by atoms with Crippen LogP contribution in [-0.4, -0.2) is 72.7 Å². The van der Waals surface area contributed by atoms with Crippen molar-refractivity contribution < 1.29 is 13.2 Å². The molecule has 2 heterocycles. The number of benzene rings is 2. The second-order valence-electron chi connectivity index (χ2n) is 10.1. The van der Waals surface area contributed by atoms with E-state index in [-0.39, 0.29) is 16.7 Å². The highest BCUT2D eigenvalue weighted by Gasteiger charge is 2.45. The van der Waals surface area contributed by atoms with Crippen LogP contribution < -0.4 is 20.9 Å². The van der Waals surface area contributed by atoms with Gasteiger partial charge in [0.15, 0.2) is 0 Å². The summed E-state index contributed by atoms with van der Waals surface area (Å²) in [4.78, 5) is 15.8. The van der Waals surface area contributed by atoms with Crippen LogP contribution in [0.2, 0.25) is 0 Å². The number of piperazine rings is 1. The van der Waals surface area contributed by atoms with Crippen LogP contribution in [0.5, 0.6) is 5.75 Å². The zero-order valence-corrected chi connectivity index (χ0v) is 23.3. The van der Waals surface area contributed by atoms with Gasteiger partial charge in [0.05, 0.1) is 18.5 Å². The minimum atomic E-state index is -3.53. The first-order chi connectivity index (χ1) is 18.8. The van der Waals surface area contributed by atoms with Crippen molar-refractivity contribution in [3.63, 3.8) is 0 Å². The Kier molecular flexibility index (Phi) is 7.66. The number of nitrogen functional groups attached to an aromatic ring is 1. The zero-order chi connectivity index (χ0) is 27.6. The number of hydrogen-bond acceptors (Lipinski definition) is 7. The lowest BCUT2D eigenvalue weighted by molar-refractivity contribution is 0.271. The lowest BCUT2D eigenvalue weighted by Gasteiger charge is -2.37. The second-order valence-corrected chi connectivity index (χ2v) is 12.0. The highest BCUT2D eigenvalue weighted by molar-refractivity contribution is 7.86. The van der Waals surface area contributed by atoms with Crippen molar-refractivity contribution in [1.82, 2.24) is 18.4 Å². The van der Waals surface area contributed by atoms with Gasteiger partial charge in [-0.25, -0.2) is 0 Å². The Bertz CT molecular complexity index is 1460. The van der Waals surface area contributed by atoms with Crippen LogP contribution in [0.3, 0.4) is 0 Å². The molecule has 0 unspecified atom stereocenters. The Morgan fingerprint density at radius 1 is 1.00 bits per heavy atom. The maximum atomic E-state index is 13.8. The van der Waals surface area contributed by atoms with Crippen LogP contribution in [0.25, 0.3) is 5.69 Å². The van der Waals surface area contributed by atoms with Crippen LogP contribution in [0.4, 0.5) is 11.4 Å². The molecule has 0 atom stereocenters. The molecule has 208 valence electrons. The molecule has 11 heteroatoms. The molecule has 0 bridgehead atoms. The summed E-state index contributed by atoms with van der Waals surface area (Å²) in [6.45, 7) is 6.35. The Morgan fingerprint density at radius 3 is 2.31 bits per heavy atom. The normalized spacial score (nSPS) is 17.4. The van der Waals surface area contributed by atoms with Gasteiger partial charge in [0.2, 0.25) is 5.75 Å². The van der Waals surface area contributed by atoms with E-state index in [0.29, 0.717) is 62.9 Å². The van der Waals surface area contributed by atoms with E-state index in [1.807, 2.05) is 36.9 Å². The molecule has 1 aromatic heterocycles. The van der Waals surface area contributed by atoms with Gasteiger partial charge in [-0.1, -0.05) is 50.2 Å². The van der Waals surface area contributed by atoms with Crippen molar-refractivity contribution in [2.24, 2.45) is 0 Å². The molecule has 0 amide bonds. The van der Waals surface area contributed by atoms with Gasteiger partial charge in [-0.05, 0) is 36.6 Å². The maximum absolute atomic E-state index is 13.8. The van der Waals surface area contributed by atoms with E-state index in [0.717, 1.165) is 12.8 Å². The topological polar surface area (TPSA) is 114 Å². The number of aromatic nitrogens is 2. The molecule has 2 aromatic carbocycles. The van der Waals surface area contributed by atoms with Crippen molar-refractivity contribution in [1.29, 1.82) is 0 Å². The molecule has 0 spiro atoms. The summed E-state index contributed by atoms with van der Waals surface area (Å²) in [5, 5.41) is 4.45. The van der Waals surface area contributed by atoms with Crippen LogP contribution in [-0.2, 0) is 15.6 Å². The first-order valence-corrected chi connectivity index (χ1v) is 14.9. The Balaban J connectivity index is 1.44. The zero-order valence-electron chi connectivity index (χ0n) is 22.5.